The van der Waals surface area contributed by atoms with Gasteiger partial charge in [-0.25, -0.2) is 4.79 Å². The summed E-state index contributed by atoms with van der Waals surface area (Å²) in [6, 6.07) is 8.22. The third-order valence-corrected chi connectivity index (χ3v) is 4.25. The van der Waals surface area contributed by atoms with Crippen LogP contribution < -0.4 is 5.43 Å². The molecule has 8 heteroatoms. The van der Waals surface area contributed by atoms with Crippen molar-refractivity contribution in [2.75, 3.05) is 5.43 Å². The second-order valence-electron chi connectivity index (χ2n) is 5.83. The number of hydrazone groups is 1. The number of benzene rings is 1. The van der Waals surface area contributed by atoms with Crippen LogP contribution in [0.1, 0.15) is 33.1 Å². The standard InChI is InChI=1S/C18H17ClN4O3/c1-10-6-14(12(3)23(10)17-7-11(2)26-22-17)9-20-21-16-8-13(18(24)25)4-5-15(16)19/h4-9,21H,1-3H3,(H,24,25)/b20-9-. The van der Waals surface area contributed by atoms with Crippen LogP contribution in [-0.4, -0.2) is 27.0 Å². The Balaban J connectivity index is 1.84. The highest BCUT2D eigenvalue weighted by atomic mass is 35.5. The Morgan fingerprint density at radius 1 is 1.31 bits per heavy atom. The summed E-state index contributed by atoms with van der Waals surface area (Å²) in [5.41, 5.74) is 6.17. The van der Waals surface area contributed by atoms with Gasteiger partial charge in [-0.2, -0.15) is 5.10 Å². The Kier molecular flexibility index (Phi) is 4.81. The average molecular weight is 373 g/mol. The summed E-state index contributed by atoms with van der Waals surface area (Å²) >= 11 is 6.07. The van der Waals surface area contributed by atoms with Crippen molar-refractivity contribution in [1.29, 1.82) is 0 Å². The van der Waals surface area contributed by atoms with Crippen LogP contribution in [0.15, 0.2) is 40.0 Å². The molecule has 0 unspecified atom stereocenters. The van der Waals surface area contributed by atoms with E-state index < -0.39 is 5.97 Å². The molecule has 3 rings (SSSR count). The van der Waals surface area contributed by atoms with Gasteiger partial charge in [0.15, 0.2) is 5.82 Å². The average Bonchev–Trinajstić information content (AvgIpc) is 3.12. The molecule has 26 heavy (non-hydrogen) atoms. The summed E-state index contributed by atoms with van der Waals surface area (Å²) in [5.74, 6) is 0.416. The Bertz CT molecular complexity index is 1000. The minimum atomic E-state index is -1.03. The van der Waals surface area contributed by atoms with Gasteiger partial charge in [0.25, 0.3) is 0 Å². The van der Waals surface area contributed by atoms with Crippen molar-refractivity contribution < 1.29 is 14.4 Å². The van der Waals surface area contributed by atoms with E-state index in [-0.39, 0.29) is 5.56 Å². The number of hydrogen-bond donors (Lipinski definition) is 2. The van der Waals surface area contributed by atoms with Gasteiger partial charge in [0.1, 0.15) is 5.76 Å². The number of aryl methyl sites for hydroxylation is 2. The second-order valence-corrected chi connectivity index (χ2v) is 6.23. The molecule has 0 saturated heterocycles. The number of carboxylic acids is 1. The molecule has 0 aliphatic heterocycles. The normalized spacial score (nSPS) is 11.2. The van der Waals surface area contributed by atoms with Crippen LogP contribution in [0.25, 0.3) is 5.82 Å². The zero-order valence-corrected chi connectivity index (χ0v) is 15.2. The molecule has 2 N–H and O–H groups in total. The van der Waals surface area contributed by atoms with Gasteiger partial charge in [0.05, 0.1) is 22.5 Å². The van der Waals surface area contributed by atoms with Crippen molar-refractivity contribution in [2.45, 2.75) is 20.8 Å². The third kappa shape index (κ3) is 3.48. The molecule has 0 fully saturated rings. The number of halogens is 1. The Labute approximate surface area is 154 Å². The lowest BCUT2D eigenvalue weighted by Gasteiger charge is -2.05. The first-order valence-corrected chi connectivity index (χ1v) is 8.19. The lowest BCUT2D eigenvalue weighted by Crippen LogP contribution is -2.00. The summed E-state index contributed by atoms with van der Waals surface area (Å²) in [4.78, 5) is 11.1. The van der Waals surface area contributed by atoms with Crippen LogP contribution in [-0.2, 0) is 0 Å². The summed E-state index contributed by atoms with van der Waals surface area (Å²) in [7, 11) is 0. The number of nitrogens with zero attached hydrogens (tertiary/aromatic N) is 3. The van der Waals surface area contributed by atoms with Gasteiger partial charge < -0.3 is 9.63 Å². The lowest BCUT2D eigenvalue weighted by molar-refractivity contribution is 0.0697. The van der Waals surface area contributed by atoms with Crippen LogP contribution >= 0.6 is 11.6 Å². The van der Waals surface area contributed by atoms with E-state index in [2.05, 4.69) is 15.7 Å². The molecule has 0 bridgehead atoms. The first kappa shape index (κ1) is 17.8. The monoisotopic (exact) mass is 372 g/mol. The van der Waals surface area contributed by atoms with E-state index in [1.54, 1.807) is 6.21 Å². The first-order valence-electron chi connectivity index (χ1n) is 7.81. The summed E-state index contributed by atoms with van der Waals surface area (Å²) in [6.07, 6.45) is 1.65. The predicted molar refractivity (Wildman–Crippen MR) is 99.7 cm³/mol. The summed E-state index contributed by atoms with van der Waals surface area (Å²) < 4.78 is 7.11. The molecule has 134 valence electrons. The van der Waals surface area contributed by atoms with Crippen LogP contribution in [0.5, 0.6) is 0 Å². The van der Waals surface area contributed by atoms with Crippen molar-refractivity contribution in [1.82, 2.24) is 9.72 Å². The molecule has 2 aromatic heterocycles. The maximum Gasteiger partial charge on any atom is 0.335 e. The van der Waals surface area contributed by atoms with Gasteiger partial charge in [-0.1, -0.05) is 16.8 Å². The van der Waals surface area contributed by atoms with E-state index in [9.17, 15) is 4.79 Å². The predicted octanol–water partition coefficient (Wildman–Crippen LogP) is 4.19. The number of aromatic carboxylic acids is 1. The molecule has 7 nitrogen and oxygen atoms in total. The number of carbonyl (C=O) groups is 1. The van der Waals surface area contributed by atoms with Crippen molar-refractivity contribution in [3.63, 3.8) is 0 Å². The smallest absolute Gasteiger partial charge is 0.335 e. The van der Waals surface area contributed by atoms with E-state index in [1.165, 1.54) is 18.2 Å². The van der Waals surface area contributed by atoms with Crippen molar-refractivity contribution in [3.8, 4) is 5.82 Å². The Morgan fingerprint density at radius 3 is 2.73 bits per heavy atom. The fraction of sp³-hybridized carbons (Fsp3) is 0.167. The van der Waals surface area contributed by atoms with Crippen molar-refractivity contribution in [3.05, 3.63) is 63.6 Å². The Morgan fingerprint density at radius 2 is 2.08 bits per heavy atom. The van der Waals surface area contributed by atoms with Gasteiger partial charge in [-0.15, -0.1) is 0 Å². The van der Waals surface area contributed by atoms with E-state index >= 15 is 0 Å². The third-order valence-electron chi connectivity index (χ3n) is 3.92. The van der Waals surface area contributed by atoms with Gasteiger partial charge in [0, 0.05) is 23.0 Å². The number of anilines is 1. The molecule has 0 atom stereocenters. The fourth-order valence-electron chi connectivity index (χ4n) is 2.64. The van der Waals surface area contributed by atoms with E-state index in [0.717, 1.165) is 22.7 Å². The minimum Gasteiger partial charge on any atom is -0.478 e. The molecule has 3 aromatic rings. The topological polar surface area (TPSA) is 92.7 Å². The fourth-order valence-corrected chi connectivity index (χ4v) is 2.80. The molecule has 0 aliphatic rings. The number of rotatable bonds is 5. The molecule has 0 saturated carbocycles. The number of aromatic nitrogens is 2. The SMILES string of the molecule is Cc1cc(-n2c(C)cc(/C=N\Nc3cc(C(=O)O)ccc3Cl)c2C)no1. The van der Waals surface area contributed by atoms with Crippen LogP contribution in [0.3, 0.4) is 0 Å². The lowest BCUT2D eigenvalue weighted by atomic mass is 10.2. The van der Waals surface area contributed by atoms with Crippen LogP contribution in [0.4, 0.5) is 5.69 Å². The molecule has 2 heterocycles. The maximum absolute atomic E-state index is 11.1. The van der Waals surface area contributed by atoms with Crippen molar-refractivity contribution >= 4 is 29.5 Å². The Hall–Kier alpha value is -3.06. The van der Waals surface area contributed by atoms with Gasteiger partial charge in [-0.3, -0.25) is 9.99 Å². The highest BCUT2D eigenvalue weighted by molar-refractivity contribution is 6.33. The quantitative estimate of drug-likeness (QED) is 0.517. The zero-order valence-electron chi connectivity index (χ0n) is 14.4. The van der Waals surface area contributed by atoms with E-state index in [1.807, 2.05) is 37.5 Å². The molecular formula is C18H17ClN4O3. The maximum atomic E-state index is 11.1. The van der Waals surface area contributed by atoms with Gasteiger partial charge in [-0.05, 0) is 45.0 Å². The minimum absolute atomic E-state index is 0.131. The summed E-state index contributed by atoms with van der Waals surface area (Å²) in [5, 5.41) is 17.7. The molecule has 0 aliphatic carbocycles. The van der Waals surface area contributed by atoms with Gasteiger partial charge in [0.2, 0.25) is 0 Å². The molecular weight excluding hydrogens is 356 g/mol. The first-order chi connectivity index (χ1) is 12.4. The zero-order chi connectivity index (χ0) is 18.8. The summed E-state index contributed by atoms with van der Waals surface area (Å²) in [6.45, 7) is 5.76. The van der Waals surface area contributed by atoms with Gasteiger partial charge >= 0.3 is 5.97 Å². The highest BCUT2D eigenvalue weighted by Gasteiger charge is 2.12. The van der Waals surface area contributed by atoms with Crippen LogP contribution in [0.2, 0.25) is 5.02 Å². The molecule has 0 spiro atoms. The van der Waals surface area contributed by atoms with E-state index in [0.29, 0.717) is 16.5 Å². The highest BCUT2D eigenvalue weighted by Crippen LogP contribution is 2.23. The molecule has 0 amide bonds. The number of nitrogens with one attached hydrogen (secondary N) is 1. The van der Waals surface area contributed by atoms with E-state index in [4.69, 9.17) is 21.2 Å². The largest absolute Gasteiger partial charge is 0.478 e. The molecule has 0 radical (unpaired) electrons. The molecule has 1 aromatic carbocycles. The number of hydrogen-bond acceptors (Lipinski definition) is 5. The second kappa shape index (κ2) is 7.05. The van der Waals surface area contributed by atoms with Crippen LogP contribution in [0, 0.1) is 20.8 Å². The number of carboxylic acid groups (broad SMARTS) is 1. The van der Waals surface area contributed by atoms with Crippen molar-refractivity contribution in [2.24, 2.45) is 5.10 Å².